The highest BCUT2D eigenvalue weighted by Crippen LogP contribution is 2.32. The number of pyridine rings is 1. The Morgan fingerprint density at radius 1 is 1.20 bits per heavy atom. The van der Waals surface area contributed by atoms with Crippen LogP contribution in [0.25, 0.3) is 5.65 Å². The zero-order chi connectivity index (χ0) is 17.6. The summed E-state index contributed by atoms with van der Waals surface area (Å²) < 4.78 is 1.44. The first-order valence-electron chi connectivity index (χ1n) is 9.09. The van der Waals surface area contributed by atoms with Gasteiger partial charge in [0.1, 0.15) is 11.2 Å². The second-order valence-corrected chi connectivity index (χ2v) is 7.37. The lowest BCUT2D eigenvalue weighted by atomic mass is 10.1. The molecule has 25 heavy (non-hydrogen) atoms. The van der Waals surface area contributed by atoms with Gasteiger partial charge in [-0.15, -0.1) is 0 Å². The van der Waals surface area contributed by atoms with Crippen LogP contribution in [0.1, 0.15) is 43.5 Å². The van der Waals surface area contributed by atoms with Gasteiger partial charge in [-0.05, 0) is 45.2 Å². The fourth-order valence-corrected chi connectivity index (χ4v) is 4.48. The molecule has 2 saturated heterocycles. The molecule has 4 heterocycles. The standard InChI is InChI=1S/C19H24N4O2/c1-13(2)23-14-6-7-15(23)12-21(10-8-14)18(24)16-11-20-17-5-3-4-9-22(17)19(16)25/h3-5,9,11,13-15H,6-8,10,12H2,1-2H3. The highest BCUT2D eigenvalue weighted by atomic mass is 16.2. The monoisotopic (exact) mass is 340 g/mol. The first-order valence-corrected chi connectivity index (χ1v) is 9.09. The lowest BCUT2D eigenvalue weighted by molar-refractivity contribution is 0.0726. The first kappa shape index (κ1) is 16.3. The molecule has 0 aliphatic carbocycles. The third-order valence-corrected chi connectivity index (χ3v) is 5.57. The van der Waals surface area contributed by atoms with Crippen molar-refractivity contribution in [3.8, 4) is 0 Å². The van der Waals surface area contributed by atoms with E-state index in [1.165, 1.54) is 17.0 Å². The molecule has 0 N–H and O–H groups in total. The summed E-state index contributed by atoms with van der Waals surface area (Å²) in [5, 5.41) is 0. The van der Waals surface area contributed by atoms with Gasteiger partial charge in [0.25, 0.3) is 11.5 Å². The predicted octanol–water partition coefficient (Wildman–Crippen LogP) is 1.78. The van der Waals surface area contributed by atoms with E-state index in [4.69, 9.17) is 0 Å². The van der Waals surface area contributed by atoms with E-state index < -0.39 is 0 Å². The molecule has 6 nitrogen and oxygen atoms in total. The van der Waals surface area contributed by atoms with Crippen LogP contribution in [0.3, 0.4) is 0 Å². The Hall–Kier alpha value is -2.21. The lowest BCUT2D eigenvalue weighted by Crippen LogP contribution is -2.45. The number of aromatic nitrogens is 2. The number of rotatable bonds is 2. The van der Waals surface area contributed by atoms with Crippen LogP contribution in [-0.2, 0) is 0 Å². The largest absolute Gasteiger partial charge is 0.337 e. The molecule has 0 radical (unpaired) electrons. The molecule has 132 valence electrons. The van der Waals surface area contributed by atoms with Crippen LogP contribution in [0.2, 0.25) is 0 Å². The van der Waals surface area contributed by atoms with Crippen molar-refractivity contribution in [3.63, 3.8) is 0 Å². The van der Waals surface area contributed by atoms with E-state index in [-0.39, 0.29) is 17.0 Å². The highest BCUT2D eigenvalue weighted by Gasteiger charge is 2.39. The molecule has 2 bridgehead atoms. The highest BCUT2D eigenvalue weighted by molar-refractivity contribution is 5.93. The molecular formula is C19H24N4O2. The Labute approximate surface area is 147 Å². The van der Waals surface area contributed by atoms with Crippen molar-refractivity contribution in [1.29, 1.82) is 0 Å². The molecular weight excluding hydrogens is 316 g/mol. The van der Waals surface area contributed by atoms with Crippen LogP contribution >= 0.6 is 0 Å². The van der Waals surface area contributed by atoms with E-state index in [0.29, 0.717) is 36.9 Å². The van der Waals surface area contributed by atoms with E-state index in [1.807, 2.05) is 11.0 Å². The minimum atomic E-state index is -0.286. The molecule has 0 aromatic carbocycles. The Kier molecular flexibility index (Phi) is 4.07. The molecule has 2 aliphatic heterocycles. The number of carbonyl (C=O) groups is 1. The van der Waals surface area contributed by atoms with Crippen LogP contribution in [0.5, 0.6) is 0 Å². The fourth-order valence-electron chi connectivity index (χ4n) is 4.48. The minimum absolute atomic E-state index is 0.164. The van der Waals surface area contributed by atoms with Crippen molar-refractivity contribution >= 4 is 11.6 Å². The molecule has 2 unspecified atom stereocenters. The van der Waals surface area contributed by atoms with Gasteiger partial charge in [-0.1, -0.05) is 6.07 Å². The average Bonchev–Trinajstić information content (AvgIpc) is 2.89. The van der Waals surface area contributed by atoms with Gasteiger partial charge < -0.3 is 4.90 Å². The molecule has 2 aromatic heterocycles. The number of hydrogen-bond donors (Lipinski definition) is 0. The van der Waals surface area contributed by atoms with Crippen molar-refractivity contribution in [2.75, 3.05) is 13.1 Å². The van der Waals surface area contributed by atoms with Crippen molar-refractivity contribution in [2.24, 2.45) is 0 Å². The molecule has 0 saturated carbocycles. The van der Waals surface area contributed by atoms with Gasteiger partial charge in [-0.25, -0.2) is 4.98 Å². The fraction of sp³-hybridized carbons (Fsp3) is 0.526. The third kappa shape index (κ3) is 2.74. The van der Waals surface area contributed by atoms with Crippen LogP contribution < -0.4 is 5.56 Å². The summed E-state index contributed by atoms with van der Waals surface area (Å²) in [6, 6.07) is 6.80. The third-order valence-electron chi connectivity index (χ3n) is 5.57. The maximum atomic E-state index is 13.0. The van der Waals surface area contributed by atoms with Crippen LogP contribution in [0.15, 0.2) is 35.4 Å². The van der Waals surface area contributed by atoms with Crippen LogP contribution in [-0.4, -0.2) is 56.3 Å². The number of amides is 1. The molecule has 2 aromatic rings. The molecule has 4 rings (SSSR count). The Morgan fingerprint density at radius 2 is 2.00 bits per heavy atom. The second-order valence-electron chi connectivity index (χ2n) is 7.37. The zero-order valence-electron chi connectivity index (χ0n) is 14.8. The Balaban J connectivity index is 1.64. The van der Waals surface area contributed by atoms with Crippen LogP contribution in [0, 0.1) is 0 Å². The molecule has 6 heteroatoms. The number of fused-ring (bicyclic) bond motifs is 3. The van der Waals surface area contributed by atoms with Gasteiger partial charge in [-0.3, -0.25) is 18.9 Å². The van der Waals surface area contributed by atoms with Crippen LogP contribution in [0.4, 0.5) is 0 Å². The summed E-state index contributed by atoms with van der Waals surface area (Å²) in [5.74, 6) is -0.188. The lowest BCUT2D eigenvalue weighted by Gasteiger charge is -2.32. The first-order chi connectivity index (χ1) is 12.1. The van der Waals surface area contributed by atoms with Crippen molar-refractivity contribution in [1.82, 2.24) is 19.2 Å². The van der Waals surface area contributed by atoms with Gasteiger partial charge in [-0.2, -0.15) is 0 Å². The van der Waals surface area contributed by atoms with Gasteiger partial charge in [0.05, 0.1) is 0 Å². The summed E-state index contributed by atoms with van der Waals surface area (Å²) in [6.07, 6.45) is 6.41. The smallest absolute Gasteiger partial charge is 0.270 e. The Morgan fingerprint density at radius 3 is 2.80 bits per heavy atom. The molecule has 2 aliphatic rings. The van der Waals surface area contributed by atoms with Crippen molar-refractivity contribution in [3.05, 3.63) is 46.5 Å². The Bertz CT molecular complexity index is 860. The number of likely N-dealkylation sites (tertiary alicyclic amines) is 1. The van der Waals surface area contributed by atoms with Gasteiger partial charge in [0.15, 0.2) is 0 Å². The molecule has 2 fully saturated rings. The maximum Gasteiger partial charge on any atom is 0.270 e. The molecule has 0 spiro atoms. The molecule has 2 atom stereocenters. The summed E-state index contributed by atoms with van der Waals surface area (Å²) in [6.45, 7) is 5.86. The van der Waals surface area contributed by atoms with E-state index in [1.54, 1.807) is 18.3 Å². The second kappa shape index (κ2) is 6.26. The quantitative estimate of drug-likeness (QED) is 0.836. The van der Waals surface area contributed by atoms with Gasteiger partial charge in [0.2, 0.25) is 0 Å². The van der Waals surface area contributed by atoms with E-state index in [0.717, 1.165) is 12.8 Å². The summed E-state index contributed by atoms with van der Waals surface area (Å²) in [5.41, 5.74) is 0.438. The number of nitrogens with zero attached hydrogens (tertiary/aromatic N) is 4. The van der Waals surface area contributed by atoms with Crippen molar-refractivity contribution < 1.29 is 4.79 Å². The summed E-state index contributed by atoms with van der Waals surface area (Å²) >= 11 is 0. The van der Waals surface area contributed by atoms with Gasteiger partial charge in [0, 0.05) is 43.6 Å². The average molecular weight is 340 g/mol. The van der Waals surface area contributed by atoms with E-state index >= 15 is 0 Å². The van der Waals surface area contributed by atoms with Crippen molar-refractivity contribution in [2.45, 2.75) is 51.2 Å². The topological polar surface area (TPSA) is 57.9 Å². The maximum absolute atomic E-state index is 13.0. The number of carbonyl (C=O) groups excluding carboxylic acids is 1. The van der Waals surface area contributed by atoms with Gasteiger partial charge >= 0.3 is 0 Å². The van der Waals surface area contributed by atoms with E-state index in [9.17, 15) is 9.59 Å². The molecule has 1 amide bonds. The zero-order valence-corrected chi connectivity index (χ0v) is 14.8. The normalized spacial score (nSPS) is 24.0. The SMILES string of the molecule is CC(C)N1C2CCC1CN(C(=O)c1cnc3ccccn3c1=O)CC2. The number of hydrogen-bond acceptors (Lipinski definition) is 4. The summed E-state index contributed by atoms with van der Waals surface area (Å²) in [7, 11) is 0. The predicted molar refractivity (Wildman–Crippen MR) is 95.8 cm³/mol. The minimum Gasteiger partial charge on any atom is -0.337 e. The van der Waals surface area contributed by atoms with E-state index in [2.05, 4.69) is 23.7 Å². The summed E-state index contributed by atoms with van der Waals surface area (Å²) in [4.78, 5) is 34.4.